The van der Waals surface area contributed by atoms with Crippen LogP contribution in [0.5, 0.6) is 0 Å². The average Bonchev–Trinajstić information content (AvgIpc) is 2.77. The van der Waals surface area contributed by atoms with Gasteiger partial charge in [0, 0.05) is 18.5 Å². The Hall–Kier alpha value is -2.35. The molecule has 0 radical (unpaired) electrons. The van der Waals surface area contributed by atoms with Crippen molar-refractivity contribution < 1.29 is 9.53 Å². The normalized spacial score (nSPS) is 14.5. The Labute approximate surface area is 135 Å². The van der Waals surface area contributed by atoms with Gasteiger partial charge in [0.25, 0.3) is 5.56 Å². The molecular formula is C14H15ClN4O4. The Morgan fingerprint density at radius 1 is 1.43 bits per heavy atom. The van der Waals surface area contributed by atoms with Crippen LogP contribution in [0.25, 0.3) is 5.82 Å². The summed E-state index contributed by atoms with van der Waals surface area (Å²) in [4.78, 5) is 36.7. The molecule has 0 bridgehead atoms. The van der Waals surface area contributed by atoms with Crippen LogP contribution in [-0.2, 0) is 16.1 Å². The standard InChI is InChI=1S/C14H15ClN4O4/c15-10-6-18(7-12(21)23-8-9-2-1-3-9)17-13(10)19-5-4-11(20)16-14(19)22/h4-6,9H,1-3,7-8H2,(H,16,20,22). The summed E-state index contributed by atoms with van der Waals surface area (Å²) < 4.78 is 7.59. The topological polar surface area (TPSA) is 99.0 Å². The quantitative estimate of drug-likeness (QED) is 0.810. The summed E-state index contributed by atoms with van der Waals surface area (Å²) in [5, 5.41) is 4.28. The zero-order valence-corrected chi connectivity index (χ0v) is 13.0. The predicted octanol–water partition coefficient (Wildman–Crippen LogP) is 0.719. The first-order chi connectivity index (χ1) is 11.0. The molecule has 3 rings (SSSR count). The fraction of sp³-hybridized carbons (Fsp3) is 0.429. The Balaban J connectivity index is 1.71. The fourth-order valence-electron chi connectivity index (χ4n) is 2.26. The first-order valence-corrected chi connectivity index (χ1v) is 7.61. The van der Waals surface area contributed by atoms with Gasteiger partial charge in [-0.3, -0.25) is 23.8 Å². The summed E-state index contributed by atoms with van der Waals surface area (Å²) in [6.07, 6.45) is 6.09. The molecule has 1 N–H and O–H groups in total. The van der Waals surface area contributed by atoms with Crippen LogP contribution in [0.4, 0.5) is 0 Å². The van der Waals surface area contributed by atoms with Crippen LogP contribution in [0.15, 0.2) is 28.0 Å². The van der Waals surface area contributed by atoms with Gasteiger partial charge in [0.05, 0.1) is 6.61 Å². The Morgan fingerprint density at radius 3 is 2.87 bits per heavy atom. The zero-order valence-electron chi connectivity index (χ0n) is 12.2. The Morgan fingerprint density at radius 2 is 2.22 bits per heavy atom. The summed E-state index contributed by atoms with van der Waals surface area (Å²) in [5.41, 5.74) is -1.17. The number of aromatic nitrogens is 4. The van der Waals surface area contributed by atoms with Crippen molar-refractivity contribution >= 4 is 17.6 Å². The van der Waals surface area contributed by atoms with E-state index in [2.05, 4.69) is 10.1 Å². The Kier molecular flexibility index (Phi) is 4.33. The van der Waals surface area contributed by atoms with Crippen LogP contribution in [0.3, 0.4) is 0 Å². The van der Waals surface area contributed by atoms with Crippen LogP contribution >= 0.6 is 11.6 Å². The summed E-state index contributed by atoms with van der Waals surface area (Å²) >= 11 is 6.05. The molecule has 2 aromatic heterocycles. The van der Waals surface area contributed by atoms with E-state index in [0.717, 1.165) is 17.4 Å². The van der Waals surface area contributed by atoms with Gasteiger partial charge in [0.15, 0.2) is 5.82 Å². The molecule has 1 fully saturated rings. The molecule has 0 amide bonds. The number of nitrogens with zero attached hydrogens (tertiary/aromatic N) is 3. The molecule has 9 heteroatoms. The highest BCUT2D eigenvalue weighted by atomic mass is 35.5. The second kappa shape index (κ2) is 6.41. The zero-order chi connectivity index (χ0) is 16.4. The average molecular weight is 339 g/mol. The van der Waals surface area contributed by atoms with E-state index in [0.29, 0.717) is 12.5 Å². The molecule has 122 valence electrons. The van der Waals surface area contributed by atoms with Crippen LogP contribution in [0.1, 0.15) is 19.3 Å². The van der Waals surface area contributed by atoms with Gasteiger partial charge in [-0.25, -0.2) is 4.79 Å². The minimum atomic E-state index is -0.655. The number of hydrogen-bond donors (Lipinski definition) is 1. The molecule has 0 saturated heterocycles. The smallest absolute Gasteiger partial charge is 0.334 e. The van der Waals surface area contributed by atoms with E-state index in [4.69, 9.17) is 16.3 Å². The van der Waals surface area contributed by atoms with Crippen molar-refractivity contribution in [3.05, 3.63) is 44.3 Å². The first kappa shape index (κ1) is 15.5. The molecule has 23 heavy (non-hydrogen) atoms. The van der Waals surface area contributed by atoms with E-state index >= 15 is 0 Å². The van der Waals surface area contributed by atoms with E-state index in [1.807, 2.05) is 0 Å². The number of ether oxygens (including phenoxy) is 1. The minimum Gasteiger partial charge on any atom is -0.464 e. The van der Waals surface area contributed by atoms with Gasteiger partial charge in [-0.05, 0) is 18.8 Å². The number of aromatic amines is 1. The highest BCUT2D eigenvalue weighted by molar-refractivity contribution is 6.32. The monoisotopic (exact) mass is 338 g/mol. The molecule has 1 aliphatic rings. The van der Waals surface area contributed by atoms with Crippen LogP contribution in [0.2, 0.25) is 5.02 Å². The first-order valence-electron chi connectivity index (χ1n) is 7.24. The van der Waals surface area contributed by atoms with Gasteiger partial charge in [-0.15, -0.1) is 0 Å². The molecule has 0 aliphatic heterocycles. The van der Waals surface area contributed by atoms with Crippen LogP contribution < -0.4 is 11.2 Å². The predicted molar refractivity (Wildman–Crippen MR) is 81.8 cm³/mol. The van der Waals surface area contributed by atoms with E-state index < -0.39 is 17.2 Å². The lowest BCUT2D eigenvalue weighted by Crippen LogP contribution is -2.28. The number of hydrogen-bond acceptors (Lipinski definition) is 5. The molecule has 0 spiro atoms. The molecule has 1 saturated carbocycles. The van der Waals surface area contributed by atoms with Gasteiger partial charge in [0.2, 0.25) is 0 Å². The van der Waals surface area contributed by atoms with E-state index in [-0.39, 0.29) is 17.4 Å². The number of carbonyl (C=O) groups excluding carboxylic acids is 1. The number of esters is 1. The maximum Gasteiger partial charge on any atom is 0.334 e. The third kappa shape index (κ3) is 3.53. The van der Waals surface area contributed by atoms with Crippen molar-refractivity contribution in [1.82, 2.24) is 19.3 Å². The van der Waals surface area contributed by atoms with Crippen molar-refractivity contribution in [1.29, 1.82) is 0 Å². The second-order valence-corrected chi connectivity index (χ2v) is 5.87. The van der Waals surface area contributed by atoms with Crippen molar-refractivity contribution in [2.24, 2.45) is 5.92 Å². The molecule has 2 aromatic rings. The van der Waals surface area contributed by atoms with Gasteiger partial charge in [-0.1, -0.05) is 18.0 Å². The number of carbonyl (C=O) groups is 1. The molecule has 0 atom stereocenters. The molecule has 2 heterocycles. The molecule has 0 aromatic carbocycles. The molecular weight excluding hydrogens is 324 g/mol. The van der Waals surface area contributed by atoms with Gasteiger partial charge in [-0.2, -0.15) is 5.10 Å². The van der Waals surface area contributed by atoms with Gasteiger partial charge < -0.3 is 4.74 Å². The maximum absolute atomic E-state index is 11.8. The molecule has 8 nitrogen and oxygen atoms in total. The van der Waals surface area contributed by atoms with Gasteiger partial charge in [0.1, 0.15) is 11.6 Å². The highest BCUT2D eigenvalue weighted by Crippen LogP contribution is 2.26. The number of H-pyrrole nitrogens is 1. The molecule has 1 aliphatic carbocycles. The second-order valence-electron chi connectivity index (χ2n) is 5.46. The largest absolute Gasteiger partial charge is 0.464 e. The molecule has 0 unspecified atom stereocenters. The summed E-state index contributed by atoms with van der Waals surface area (Å²) in [5.74, 6) is 0.201. The Bertz CT molecular complexity index is 834. The fourth-order valence-corrected chi connectivity index (χ4v) is 2.50. The maximum atomic E-state index is 11.8. The third-order valence-electron chi connectivity index (χ3n) is 3.75. The van der Waals surface area contributed by atoms with Crippen LogP contribution in [0, 0.1) is 5.92 Å². The lowest BCUT2D eigenvalue weighted by Gasteiger charge is -2.24. The number of halogens is 1. The minimum absolute atomic E-state index is 0.0927. The van der Waals surface area contributed by atoms with Gasteiger partial charge >= 0.3 is 11.7 Å². The summed E-state index contributed by atoms with van der Waals surface area (Å²) in [7, 11) is 0. The van der Waals surface area contributed by atoms with Crippen molar-refractivity contribution in [3.8, 4) is 5.82 Å². The lowest BCUT2D eigenvalue weighted by atomic mass is 9.86. The van der Waals surface area contributed by atoms with E-state index in [1.54, 1.807) is 0 Å². The summed E-state index contributed by atoms with van der Waals surface area (Å²) in [6, 6.07) is 1.18. The SMILES string of the molecule is O=C(Cn1cc(Cl)c(-n2ccc(=O)[nH]c2=O)n1)OCC1CCC1. The number of rotatable bonds is 5. The third-order valence-corrected chi connectivity index (χ3v) is 4.01. The highest BCUT2D eigenvalue weighted by Gasteiger charge is 2.20. The van der Waals surface area contributed by atoms with E-state index in [9.17, 15) is 14.4 Å². The lowest BCUT2D eigenvalue weighted by molar-refractivity contribution is -0.146. The summed E-state index contributed by atoms with van der Waals surface area (Å²) in [6.45, 7) is 0.338. The van der Waals surface area contributed by atoms with E-state index in [1.165, 1.54) is 29.6 Å². The number of nitrogens with one attached hydrogen (secondary N) is 1. The van der Waals surface area contributed by atoms with Crippen molar-refractivity contribution in [2.75, 3.05) is 6.61 Å². The van der Waals surface area contributed by atoms with Crippen molar-refractivity contribution in [2.45, 2.75) is 25.8 Å². The van der Waals surface area contributed by atoms with Crippen molar-refractivity contribution in [3.63, 3.8) is 0 Å². The van der Waals surface area contributed by atoms with Crippen LogP contribution in [-0.4, -0.2) is 31.9 Å².